The van der Waals surface area contributed by atoms with E-state index in [0.717, 1.165) is 10.8 Å². The van der Waals surface area contributed by atoms with Crippen molar-refractivity contribution < 1.29 is 0 Å². The van der Waals surface area contributed by atoms with Crippen LogP contribution in [-0.2, 0) is 0 Å². The fraction of sp³-hybridized carbons (Fsp3) is 0.400. The number of hydrogen-bond acceptors (Lipinski definition) is 1. The molecule has 2 aromatic rings. The van der Waals surface area contributed by atoms with Crippen LogP contribution in [0.25, 0.3) is 10.8 Å². The summed E-state index contributed by atoms with van der Waals surface area (Å²) in [6.07, 6.45) is 4.41. The molecule has 1 heterocycles. The molecule has 0 aliphatic heterocycles. The van der Waals surface area contributed by atoms with Crippen molar-refractivity contribution in [1.82, 2.24) is 4.98 Å². The van der Waals surface area contributed by atoms with Crippen LogP contribution in [0.4, 0.5) is 0 Å². The van der Waals surface area contributed by atoms with Gasteiger partial charge in [-0.1, -0.05) is 26.0 Å². The predicted octanol–water partition coefficient (Wildman–Crippen LogP) is 3.53. The van der Waals surface area contributed by atoms with Gasteiger partial charge in [-0.25, -0.2) is 0 Å². The van der Waals surface area contributed by atoms with Crippen molar-refractivity contribution >= 4 is 10.8 Å². The van der Waals surface area contributed by atoms with Gasteiger partial charge in [0.25, 0.3) is 5.56 Å². The van der Waals surface area contributed by atoms with Crippen LogP contribution in [0.5, 0.6) is 0 Å². The molecule has 2 nitrogen and oxygen atoms in total. The van der Waals surface area contributed by atoms with Crippen LogP contribution in [0.2, 0.25) is 0 Å². The summed E-state index contributed by atoms with van der Waals surface area (Å²) < 4.78 is 0. The quantitative estimate of drug-likeness (QED) is 0.836. The predicted molar refractivity (Wildman–Crippen MR) is 70.6 cm³/mol. The number of H-pyrrole nitrogens is 1. The molecule has 0 unspecified atom stereocenters. The topological polar surface area (TPSA) is 32.9 Å². The summed E-state index contributed by atoms with van der Waals surface area (Å²) >= 11 is 0. The van der Waals surface area contributed by atoms with Crippen molar-refractivity contribution in [3.63, 3.8) is 0 Å². The lowest BCUT2D eigenvalue weighted by Gasteiger charge is -2.09. The monoisotopic (exact) mass is 227 g/mol. The van der Waals surface area contributed by atoms with E-state index in [1.807, 2.05) is 12.3 Å². The maximum absolute atomic E-state index is 11.9. The molecule has 1 N–H and O–H groups in total. The third kappa shape index (κ3) is 1.78. The standard InChI is InChI=1S/C15H17NO/c1-9(2)11-5-6-12-13(7-11)15(17)16-8-14(12)10-3-4-10/h5-10H,3-4H2,1-2H3,(H,16,17). The third-order valence-electron chi connectivity index (χ3n) is 3.64. The van der Waals surface area contributed by atoms with Crippen LogP contribution in [-0.4, -0.2) is 4.98 Å². The number of fused-ring (bicyclic) bond motifs is 1. The lowest BCUT2D eigenvalue weighted by Crippen LogP contribution is -2.07. The number of pyridine rings is 1. The minimum absolute atomic E-state index is 0.0342. The number of aromatic amines is 1. The summed E-state index contributed by atoms with van der Waals surface area (Å²) in [4.78, 5) is 14.8. The van der Waals surface area contributed by atoms with E-state index < -0.39 is 0 Å². The second-order valence-electron chi connectivity index (χ2n) is 5.31. The lowest BCUT2D eigenvalue weighted by atomic mass is 9.97. The van der Waals surface area contributed by atoms with Gasteiger partial charge < -0.3 is 4.98 Å². The summed E-state index contributed by atoms with van der Waals surface area (Å²) in [6, 6.07) is 6.32. The fourth-order valence-electron chi connectivity index (χ4n) is 2.39. The van der Waals surface area contributed by atoms with E-state index in [-0.39, 0.29) is 5.56 Å². The first-order chi connectivity index (χ1) is 8.16. The van der Waals surface area contributed by atoms with Crippen LogP contribution >= 0.6 is 0 Å². The van der Waals surface area contributed by atoms with Gasteiger partial charge in [0, 0.05) is 11.6 Å². The highest BCUT2D eigenvalue weighted by atomic mass is 16.1. The second-order valence-corrected chi connectivity index (χ2v) is 5.31. The van der Waals surface area contributed by atoms with Gasteiger partial charge in [-0.3, -0.25) is 4.79 Å². The summed E-state index contributed by atoms with van der Waals surface area (Å²) in [5.74, 6) is 1.13. The Bertz CT molecular complexity index is 620. The molecule has 1 aromatic carbocycles. The normalized spacial score (nSPS) is 15.7. The highest BCUT2D eigenvalue weighted by molar-refractivity contribution is 5.86. The molecule has 17 heavy (non-hydrogen) atoms. The van der Waals surface area contributed by atoms with Crippen LogP contribution in [0, 0.1) is 0 Å². The molecule has 2 heteroatoms. The van der Waals surface area contributed by atoms with E-state index in [1.165, 1.54) is 24.0 Å². The molecule has 1 fully saturated rings. The molecule has 88 valence electrons. The summed E-state index contributed by atoms with van der Waals surface area (Å²) in [5, 5.41) is 1.99. The van der Waals surface area contributed by atoms with Gasteiger partial charge in [-0.05, 0) is 47.3 Å². The van der Waals surface area contributed by atoms with Crippen molar-refractivity contribution in [2.45, 2.75) is 38.5 Å². The Labute approximate surface area is 101 Å². The van der Waals surface area contributed by atoms with Crippen molar-refractivity contribution in [2.75, 3.05) is 0 Å². The first kappa shape index (κ1) is 10.6. The van der Waals surface area contributed by atoms with E-state index in [4.69, 9.17) is 0 Å². The number of aromatic nitrogens is 1. The van der Waals surface area contributed by atoms with Gasteiger partial charge in [0.05, 0.1) is 0 Å². The van der Waals surface area contributed by atoms with Crippen molar-refractivity contribution in [2.24, 2.45) is 0 Å². The molecule has 0 spiro atoms. The van der Waals surface area contributed by atoms with Gasteiger partial charge >= 0.3 is 0 Å². The van der Waals surface area contributed by atoms with E-state index in [9.17, 15) is 4.79 Å². The van der Waals surface area contributed by atoms with Gasteiger partial charge in [-0.2, -0.15) is 0 Å². The zero-order valence-corrected chi connectivity index (χ0v) is 10.3. The summed E-state index contributed by atoms with van der Waals surface area (Å²) in [5.41, 5.74) is 2.58. The molecule has 1 saturated carbocycles. The molecule has 0 atom stereocenters. The summed E-state index contributed by atoms with van der Waals surface area (Å²) in [7, 11) is 0. The van der Waals surface area contributed by atoms with Gasteiger partial charge in [0.1, 0.15) is 0 Å². The molecule has 0 saturated heterocycles. The number of benzene rings is 1. The molecule has 1 aromatic heterocycles. The third-order valence-corrected chi connectivity index (χ3v) is 3.64. The highest BCUT2D eigenvalue weighted by Gasteiger charge is 2.25. The molecule has 0 radical (unpaired) electrons. The minimum Gasteiger partial charge on any atom is -0.328 e. The van der Waals surface area contributed by atoms with Gasteiger partial charge in [0.2, 0.25) is 0 Å². The Balaban J connectivity index is 2.28. The number of hydrogen-bond donors (Lipinski definition) is 1. The van der Waals surface area contributed by atoms with Crippen LogP contribution in [0.15, 0.2) is 29.2 Å². The Hall–Kier alpha value is -1.57. The van der Waals surface area contributed by atoms with Crippen LogP contribution in [0.1, 0.15) is 49.7 Å². The van der Waals surface area contributed by atoms with Crippen LogP contribution in [0.3, 0.4) is 0 Å². The van der Waals surface area contributed by atoms with Crippen molar-refractivity contribution in [3.05, 3.63) is 45.9 Å². The molecular formula is C15H17NO. The average molecular weight is 227 g/mol. The number of nitrogens with one attached hydrogen (secondary N) is 1. The maximum atomic E-state index is 11.9. The smallest absolute Gasteiger partial charge is 0.255 e. The Morgan fingerprint density at radius 3 is 2.65 bits per heavy atom. The van der Waals surface area contributed by atoms with Crippen molar-refractivity contribution in [1.29, 1.82) is 0 Å². The molecular weight excluding hydrogens is 210 g/mol. The highest BCUT2D eigenvalue weighted by Crippen LogP contribution is 2.42. The molecule has 0 amide bonds. The number of rotatable bonds is 2. The van der Waals surface area contributed by atoms with E-state index in [2.05, 4.69) is 31.0 Å². The zero-order valence-electron chi connectivity index (χ0n) is 10.3. The summed E-state index contributed by atoms with van der Waals surface area (Å²) in [6.45, 7) is 4.31. The molecule has 0 bridgehead atoms. The molecule has 1 aliphatic carbocycles. The van der Waals surface area contributed by atoms with E-state index in [0.29, 0.717) is 11.8 Å². The Morgan fingerprint density at radius 2 is 2.00 bits per heavy atom. The zero-order chi connectivity index (χ0) is 12.0. The van der Waals surface area contributed by atoms with Gasteiger partial charge in [0.15, 0.2) is 0 Å². The average Bonchev–Trinajstić information content (AvgIpc) is 3.13. The molecule has 3 rings (SSSR count). The van der Waals surface area contributed by atoms with Crippen LogP contribution < -0.4 is 5.56 Å². The first-order valence-electron chi connectivity index (χ1n) is 6.32. The van der Waals surface area contributed by atoms with E-state index >= 15 is 0 Å². The van der Waals surface area contributed by atoms with E-state index in [1.54, 1.807) is 0 Å². The SMILES string of the molecule is CC(C)c1ccc2c(C3CC3)c[nH]c(=O)c2c1. The fourth-order valence-corrected chi connectivity index (χ4v) is 2.39. The Morgan fingerprint density at radius 1 is 1.24 bits per heavy atom. The second kappa shape index (κ2) is 3.73. The maximum Gasteiger partial charge on any atom is 0.255 e. The van der Waals surface area contributed by atoms with Gasteiger partial charge in [-0.15, -0.1) is 0 Å². The largest absolute Gasteiger partial charge is 0.328 e. The van der Waals surface area contributed by atoms with Crippen molar-refractivity contribution in [3.8, 4) is 0 Å². The molecule has 1 aliphatic rings. The Kier molecular flexibility index (Phi) is 2.32. The lowest BCUT2D eigenvalue weighted by molar-refractivity contribution is 0.868. The minimum atomic E-state index is 0.0342. The first-order valence-corrected chi connectivity index (χ1v) is 6.32.